The molecule has 98 valence electrons. The highest BCUT2D eigenvalue weighted by Crippen LogP contribution is 2.48. The summed E-state index contributed by atoms with van der Waals surface area (Å²) < 4.78 is 0. The Labute approximate surface area is 116 Å². The van der Waals surface area contributed by atoms with Gasteiger partial charge in [-0.25, -0.2) is 9.97 Å². The lowest BCUT2D eigenvalue weighted by Gasteiger charge is -2.27. The normalized spacial score (nSPS) is 22.7. The van der Waals surface area contributed by atoms with E-state index in [-0.39, 0.29) is 17.8 Å². The van der Waals surface area contributed by atoms with Crippen molar-refractivity contribution in [1.82, 2.24) is 9.97 Å². The summed E-state index contributed by atoms with van der Waals surface area (Å²) in [5.74, 6) is 0.953. The van der Waals surface area contributed by atoms with Gasteiger partial charge in [0.15, 0.2) is 0 Å². The zero-order chi connectivity index (χ0) is 13.5. The van der Waals surface area contributed by atoms with E-state index >= 15 is 0 Å². The largest absolute Gasteiger partial charge is 0.493 e. The molecule has 0 fully saturated rings. The van der Waals surface area contributed by atoms with E-state index in [9.17, 15) is 5.11 Å². The van der Waals surface area contributed by atoms with Crippen LogP contribution >= 0.6 is 0 Å². The molecule has 1 N–H and O–H groups in total. The second-order valence-electron chi connectivity index (χ2n) is 4.93. The first-order valence-corrected chi connectivity index (χ1v) is 6.59. The fourth-order valence-electron chi connectivity index (χ4n) is 3.00. The Hall–Kier alpha value is -2.62. The molecular weight excluding hydrogens is 250 g/mol. The van der Waals surface area contributed by atoms with Crippen LogP contribution in [0.4, 0.5) is 11.5 Å². The number of para-hydroxylation sites is 1. The van der Waals surface area contributed by atoms with E-state index in [1.165, 1.54) is 6.33 Å². The Bertz CT molecular complexity index is 709. The van der Waals surface area contributed by atoms with Gasteiger partial charge in [0, 0.05) is 11.6 Å². The molecule has 1 aromatic carbocycles. The number of anilines is 2. The molecule has 20 heavy (non-hydrogen) atoms. The molecule has 2 heterocycles. The maximum atomic E-state index is 10.1. The van der Waals surface area contributed by atoms with Crippen molar-refractivity contribution in [1.29, 1.82) is 0 Å². The quantitative estimate of drug-likeness (QED) is 0.859. The number of hydrogen-bond donors (Lipinski definition) is 1. The number of rotatable bonds is 1. The number of aromatic hydroxyl groups is 1. The van der Waals surface area contributed by atoms with Crippen LogP contribution in [0.15, 0.2) is 61.0 Å². The zero-order valence-electron chi connectivity index (χ0n) is 10.7. The van der Waals surface area contributed by atoms with E-state index < -0.39 is 0 Å². The lowest BCUT2D eigenvalue weighted by atomic mass is 9.92. The van der Waals surface area contributed by atoms with Crippen LogP contribution in [0.2, 0.25) is 0 Å². The van der Waals surface area contributed by atoms with Gasteiger partial charge >= 0.3 is 0 Å². The first-order chi connectivity index (χ1) is 9.86. The van der Waals surface area contributed by atoms with Crippen LogP contribution in [0.3, 0.4) is 0 Å². The molecular formula is C16H13N3O. The molecule has 1 aliphatic heterocycles. The molecule has 0 radical (unpaired) electrons. The van der Waals surface area contributed by atoms with Crippen LogP contribution in [-0.4, -0.2) is 21.1 Å². The molecule has 4 nitrogen and oxygen atoms in total. The van der Waals surface area contributed by atoms with Gasteiger partial charge in [0.1, 0.15) is 12.1 Å². The summed E-state index contributed by atoms with van der Waals surface area (Å²) in [7, 11) is 0. The minimum atomic E-state index is 0.0726. The van der Waals surface area contributed by atoms with Gasteiger partial charge in [0.2, 0.25) is 5.88 Å². The maximum Gasteiger partial charge on any atom is 0.220 e. The standard InChI is InChI=1S/C16H13N3O/c20-16-14-12-8-4-5-9-13(12)19(15(14)17-10-18-16)11-6-2-1-3-7-11/h1-10,12-13H,(H,17,18,20). The smallest absolute Gasteiger partial charge is 0.220 e. The van der Waals surface area contributed by atoms with Crippen LogP contribution < -0.4 is 4.90 Å². The molecule has 0 amide bonds. The lowest BCUT2D eigenvalue weighted by Crippen LogP contribution is -2.28. The van der Waals surface area contributed by atoms with Gasteiger partial charge in [0.25, 0.3) is 0 Å². The van der Waals surface area contributed by atoms with Crippen molar-refractivity contribution in [2.75, 3.05) is 4.90 Å². The molecule has 2 atom stereocenters. The van der Waals surface area contributed by atoms with E-state index in [1.807, 2.05) is 30.4 Å². The molecule has 1 aliphatic carbocycles. The van der Waals surface area contributed by atoms with Gasteiger partial charge in [-0.1, -0.05) is 42.5 Å². The third-order valence-electron chi connectivity index (χ3n) is 3.84. The van der Waals surface area contributed by atoms with Gasteiger partial charge in [-0.2, -0.15) is 0 Å². The first kappa shape index (κ1) is 11.2. The van der Waals surface area contributed by atoms with E-state index in [1.54, 1.807) is 0 Å². The summed E-state index contributed by atoms with van der Waals surface area (Å²) in [6, 6.07) is 10.2. The van der Waals surface area contributed by atoms with Crippen LogP contribution in [0.25, 0.3) is 0 Å². The van der Waals surface area contributed by atoms with Gasteiger partial charge in [-0.3, -0.25) is 0 Å². The first-order valence-electron chi connectivity index (χ1n) is 6.59. The maximum absolute atomic E-state index is 10.1. The number of nitrogens with zero attached hydrogens (tertiary/aromatic N) is 3. The predicted octanol–water partition coefficient (Wildman–Crippen LogP) is 2.91. The third-order valence-corrected chi connectivity index (χ3v) is 3.84. The molecule has 0 saturated heterocycles. The Morgan fingerprint density at radius 2 is 1.80 bits per heavy atom. The molecule has 2 aromatic rings. The molecule has 2 unspecified atom stereocenters. The minimum Gasteiger partial charge on any atom is -0.493 e. The lowest BCUT2D eigenvalue weighted by molar-refractivity contribution is 0.443. The highest BCUT2D eigenvalue weighted by Gasteiger charge is 2.40. The molecule has 1 aromatic heterocycles. The van der Waals surface area contributed by atoms with Crippen molar-refractivity contribution < 1.29 is 5.11 Å². The minimum absolute atomic E-state index is 0.0726. The molecule has 4 heteroatoms. The summed E-state index contributed by atoms with van der Waals surface area (Å²) in [5, 5.41) is 10.1. The van der Waals surface area contributed by atoms with E-state index in [4.69, 9.17) is 0 Å². The number of fused-ring (bicyclic) bond motifs is 3. The topological polar surface area (TPSA) is 49.3 Å². The van der Waals surface area contributed by atoms with Crippen molar-refractivity contribution in [2.24, 2.45) is 0 Å². The molecule has 0 bridgehead atoms. The summed E-state index contributed by atoms with van der Waals surface area (Å²) >= 11 is 0. The average molecular weight is 263 g/mol. The van der Waals surface area contributed by atoms with Crippen molar-refractivity contribution >= 4 is 11.5 Å². The number of benzene rings is 1. The highest BCUT2D eigenvalue weighted by molar-refractivity contribution is 5.73. The van der Waals surface area contributed by atoms with Crippen LogP contribution in [0.1, 0.15) is 11.5 Å². The van der Waals surface area contributed by atoms with E-state index in [0.29, 0.717) is 0 Å². The van der Waals surface area contributed by atoms with Crippen LogP contribution in [0, 0.1) is 0 Å². The summed E-state index contributed by atoms with van der Waals surface area (Å²) in [6.07, 6.45) is 9.68. The van der Waals surface area contributed by atoms with Gasteiger partial charge in [0.05, 0.1) is 11.6 Å². The Kier molecular flexibility index (Phi) is 2.36. The van der Waals surface area contributed by atoms with Crippen molar-refractivity contribution in [2.45, 2.75) is 12.0 Å². The summed E-state index contributed by atoms with van der Waals surface area (Å²) in [5.41, 5.74) is 1.88. The molecule has 2 aliphatic rings. The van der Waals surface area contributed by atoms with Crippen LogP contribution in [0.5, 0.6) is 5.88 Å². The van der Waals surface area contributed by atoms with Crippen molar-refractivity contribution in [3.8, 4) is 5.88 Å². The predicted molar refractivity (Wildman–Crippen MR) is 77.1 cm³/mol. The Morgan fingerprint density at radius 3 is 2.65 bits per heavy atom. The monoisotopic (exact) mass is 263 g/mol. The Balaban J connectivity index is 1.94. The van der Waals surface area contributed by atoms with Crippen LogP contribution in [-0.2, 0) is 0 Å². The SMILES string of the molecule is Oc1ncnc2c1C1C=CC=CC1N2c1ccccc1. The van der Waals surface area contributed by atoms with E-state index in [2.05, 4.69) is 39.2 Å². The van der Waals surface area contributed by atoms with E-state index in [0.717, 1.165) is 17.1 Å². The molecule has 0 spiro atoms. The van der Waals surface area contributed by atoms with Gasteiger partial charge in [-0.15, -0.1) is 0 Å². The molecule has 0 saturated carbocycles. The number of allylic oxidation sites excluding steroid dienone is 2. The van der Waals surface area contributed by atoms with Gasteiger partial charge < -0.3 is 10.0 Å². The van der Waals surface area contributed by atoms with Crippen molar-refractivity contribution in [3.05, 3.63) is 66.5 Å². The highest BCUT2D eigenvalue weighted by atomic mass is 16.3. The summed E-state index contributed by atoms with van der Waals surface area (Å²) in [6.45, 7) is 0. The second kappa shape index (κ2) is 4.20. The summed E-state index contributed by atoms with van der Waals surface area (Å²) in [4.78, 5) is 10.5. The second-order valence-corrected chi connectivity index (χ2v) is 4.93. The molecule has 4 rings (SSSR count). The van der Waals surface area contributed by atoms with Crippen molar-refractivity contribution in [3.63, 3.8) is 0 Å². The average Bonchev–Trinajstić information content (AvgIpc) is 2.84. The fraction of sp³-hybridized carbons (Fsp3) is 0.125. The third kappa shape index (κ3) is 1.48. The number of aromatic nitrogens is 2. The zero-order valence-corrected chi connectivity index (χ0v) is 10.7. The fourth-order valence-corrected chi connectivity index (χ4v) is 3.00. The Morgan fingerprint density at radius 1 is 1.00 bits per heavy atom. The number of hydrogen-bond acceptors (Lipinski definition) is 4. The van der Waals surface area contributed by atoms with Gasteiger partial charge in [-0.05, 0) is 12.1 Å².